The van der Waals surface area contributed by atoms with Crippen molar-refractivity contribution in [2.75, 3.05) is 6.54 Å². The first-order valence-electron chi connectivity index (χ1n) is 7.99. The number of hydrogen-bond donors (Lipinski definition) is 0. The number of aromatic nitrogens is 2. The fraction of sp³-hybridized carbons (Fsp3) is 0.400. The van der Waals surface area contributed by atoms with Crippen molar-refractivity contribution < 1.29 is 31.1 Å². The quantitative estimate of drug-likeness (QED) is 0.430. The van der Waals surface area contributed by atoms with Crippen molar-refractivity contribution in [3.05, 3.63) is 36.3 Å². The molecule has 2 atom stereocenters. The van der Waals surface area contributed by atoms with Crippen LogP contribution in [0.3, 0.4) is 0 Å². The number of rotatable bonds is 4. The van der Waals surface area contributed by atoms with Gasteiger partial charge in [0.05, 0.1) is 12.1 Å². The van der Waals surface area contributed by atoms with E-state index in [-0.39, 0.29) is 12.6 Å². The first-order valence-corrected chi connectivity index (χ1v) is 9.33. The summed E-state index contributed by atoms with van der Waals surface area (Å²) in [5, 5.41) is 4.73. The fourth-order valence-corrected chi connectivity index (χ4v) is 3.77. The van der Waals surface area contributed by atoms with Gasteiger partial charge in [-0.25, -0.2) is 17.8 Å². The number of carbonyl (C=O) groups excluding carboxylic acids is 1. The summed E-state index contributed by atoms with van der Waals surface area (Å²) in [7, 11) is -3.10. The molecule has 138 valence electrons. The number of aryl methyl sites for hydroxylation is 1. The Morgan fingerprint density at radius 3 is 2.77 bits per heavy atom. The summed E-state index contributed by atoms with van der Waals surface area (Å²) in [4.78, 5) is 13.9. The lowest BCUT2D eigenvalue weighted by Crippen LogP contribution is -2.35. The number of hydroxylamine groups is 2. The van der Waals surface area contributed by atoms with E-state index in [1.54, 1.807) is 6.07 Å². The monoisotopic (exact) mass is 380 g/mol. The van der Waals surface area contributed by atoms with Crippen LogP contribution in [-0.4, -0.2) is 46.7 Å². The molecule has 2 aromatic heterocycles. The van der Waals surface area contributed by atoms with Crippen LogP contribution in [0.2, 0.25) is 0 Å². The number of pyridine rings is 1. The molecular weight excluding hydrogens is 364 g/mol. The van der Waals surface area contributed by atoms with Gasteiger partial charge in [0.1, 0.15) is 12.7 Å². The van der Waals surface area contributed by atoms with Crippen molar-refractivity contribution in [1.82, 2.24) is 15.1 Å². The van der Waals surface area contributed by atoms with Crippen molar-refractivity contribution >= 4 is 16.4 Å². The molecule has 2 fully saturated rings. The summed E-state index contributed by atoms with van der Waals surface area (Å²) in [5.41, 5.74) is 1.43. The first kappa shape index (κ1) is 16.9. The Bertz CT molecular complexity index is 941. The molecule has 0 saturated carbocycles. The minimum Gasteiger partial charge on any atom is -0.724 e. The van der Waals surface area contributed by atoms with Gasteiger partial charge in [0.25, 0.3) is 0 Å². The second-order valence-corrected chi connectivity index (χ2v) is 7.32. The van der Waals surface area contributed by atoms with Crippen LogP contribution in [0, 0.1) is 0 Å². The Morgan fingerprint density at radius 2 is 2.08 bits per heavy atom. The molecule has 0 spiro atoms. The second kappa shape index (κ2) is 6.04. The molecule has 0 aliphatic carbocycles. The first-order chi connectivity index (χ1) is 12.3. The Balaban J connectivity index is 1.57. The van der Waals surface area contributed by atoms with E-state index in [1.165, 1.54) is 4.90 Å². The molecule has 2 aliphatic heterocycles. The van der Waals surface area contributed by atoms with Gasteiger partial charge in [-0.15, -0.1) is 0 Å². The zero-order valence-corrected chi connectivity index (χ0v) is 14.6. The molecule has 2 aliphatic rings. The number of urea groups is 1. The Morgan fingerprint density at radius 1 is 1.35 bits per heavy atom. The van der Waals surface area contributed by atoms with Gasteiger partial charge < -0.3 is 14.0 Å². The summed E-state index contributed by atoms with van der Waals surface area (Å²) >= 11 is 0. The lowest BCUT2D eigenvalue weighted by molar-refractivity contribution is -0.671. The largest absolute Gasteiger partial charge is 0.724 e. The molecule has 26 heavy (non-hydrogen) atoms. The van der Waals surface area contributed by atoms with Crippen molar-refractivity contribution in [1.29, 1.82) is 0 Å². The SMILES string of the molecule is C[n+]1ccc(-c2cc([C@H]3CC[C@@H]4CN3C(=O)N4OS(=O)(=O)[O-])no2)cc1. The van der Waals surface area contributed by atoms with Gasteiger partial charge in [-0.05, 0) is 12.8 Å². The summed E-state index contributed by atoms with van der Waals surface area (Å²) in [6, 6.07) is 4.05. The van der Waals surface area contributed by atoms with Crippen LogP contribution in [0.5, 0.6) is 0 Å². The summed E-state index contributed by atoms with van der Waals surface area (Å²) < 4.78 is 44.1. The summed E-state index contributed by atoms with van der Waals surface area (Å²) in [5.74, 6) is 0.574. The standard InChI is InChI=1S/C15H16N4O6S/c1-17-6-4-10(5-7-17)14-8-12(16-24-14)13-3-2-11-9-18(13)15(20)19(11)25-26(21,22)23/h4-8,11,13H,2-3,9H2,1H3/t11-,13-/m1/s1. The van der Waals surface area contributed by atoms with Gasteiger partial charge in [0.15, 0.2) is 18.2 Å². The molecule has 0 N–H and O–H groups in total. The van der Waals surface area contributed by atoms with Crippen LogP contribution in [0.25, 0.3) is 11.3 Å². The molecule has 0 radical (unpaired) electrons. The highest BCUT2D eigenvalue weighted by Crippen LogP contribution is 2.39. The van der Waals surface area contributed by atoms with Gasteiger partial charge >= 0.3 is 6.03 Å². The smallest absolute Gasteiger partial charge is 0.346 e. The molecular formula is C15H16N4O6S. The predicted molar refractivity (Wildman–Crippen MR) is 83.6 cm³/mol. The average Bonchev–Trinajstić information content (AvgIpc) is 3.15. The fourth-order valence-electron chi connectivity index (χ4n) is 3.38. The van der Waals surface area contributed by atoms with Crippen LogP contribution < -0.4 is 4.57 Å². The topological polar surface area (TPSA) is 120 Å². The van der Waals surface area contributed by atoms with Crippen molar-refractivity contribution in [3.8, 4) is 11.3 Å². The molecule has 2 aromatic rings. The average molecular weight is 380 g/mol. The van der Waals surface area contributed by atoms with E-state index in [1.807, 2.05) is 36.1 Å². The lowest BCUT2D eigenvalue weighted by atomic mass is 9.98. The number of nitrogens with zero attached hydrogens (tertiary/aromatic N) is 4. The highest BCUT2D eigenvalue weighted by atomic mass is 32.3. The maximum absolute atomic E-state index is 12.4. The van der Waals surface area contributed by atoms with Crippen LogP contribution in [0.4, 0.5) is 4.79 Å². The Kier molecular flexibility index (Phi) is 3.93. The van der Waals surface area contributed by atoms with Crippen molar-refractivity contribution in [3.63, 3.8) is 0 Å². The van der Waals surface area contributed by atoms with Crippen molar-refractivity contribution in [2.24, 2.45) is 7.05 Å². The van der Waals surface area contributed by atoms with E-state index in [2.05, 4.69) is 9.44 Å². The third-order valence-electron chi connectivity index (χ3n) is 4.63. The maximum Gasteiger partial charge on any atom is 0.346 e. The Hall–Kier alpha value is -2.50. The molecule has 4 rings (SSSR count). The molecule has 4 heterocycles. The highest BCUT2D eigenvalue weighted by Gasteiger charge is 2.47. The minimum absolute atomic E-state index is 0.266. The van der Waals surface area contributed by atoms with E-state index in [9.17, 15) is 17.8 Å². The molecule has 0 aromatic carbocycles. The Labute approximate surface area is 149 Å². The second-order valence-electron chi connectivity index (χ2n) is 6.36. The van der Waals surface area contributed by atoms with Crippen LogP contribution in [-0.2, 0) is 21.7 Å². The molecule has 11 heteroatoms. The zero-order chi connectivity index (χ0) is 18.5. The van der Waals surface area contributed by atoms with Gasteiger partial charge in [-0.2, -0.15) is 9.35 Å². The number of carbonyl (C=O) groups is 1. The predicted octanol–water partition coefficient (Wildman–Crippen LogP) is 0.499. The molecule has 2 bridgehead atoms. The minimum atomic E-state index is -5.00. The third-order valence-corrected chi connectivity index (χ3v) is 4.97. The number of amides is 2. The van der Waals surface area contributed by atoms with E-state index in [0.29, 0.717) is 29.4 Å². The molecule has 10 nitrogen and oxygen atoms in total. The van der Waals surface area contributed by atoms with Crippen molar-refractivity contribution in [2.45, 2.75) is 24.9 Å². The van der Waals surface area contributed by atoms with E-state index >= 15 is 0 Å². The molecule has 2 saturated heterocycles. The lowest BCUT2D eigenvalue weighted by Gasteiger charge is -2.28. The summed E-state index contributed by atoms with van der Waals surface area (Å²) in [6.45, 7) is 0.266. The number of piperidine rings is 1. The third kappa shape index (κ3) is 3.04. The number of hydrogen-bond acceptors (Lipinski definition) is 7. The van der Waals surface area contributed by atoms with Gasteiger partial charge in [-0.3, -0.25) is 0 Å². The van der Waals surface area contributed by atoms with Gasteiger partial charge in [-0.1, -0.05) is 5.16 Å². The van der Waals surface area contributed by atoms with Crippen LogP contribution in [0.1, 0.15) is 24.6 Å². The summed E-state index contributed by atoms with van der Waals surface area (Å²) in [6.07, 6.45) is 4.81. The van der Waals surface area contributed by atoms with E-state index in [0.717, 1.165) is 5.56 Å². The highest BCUT2D eigenvalue weighted by molar-refractivity contribution is 7.80. The number of fused-ring (bicyclic) bond motifs is 2. The molecule has 2 amide bonds. The van der Waals surface area contributed by atoms with Crippen LogP contribution in [0.15, 0.2) is 35.1 Å². The molecule has 0 unspecified atom stereocenters. The van der Waals surface area contributed by atoms with Gasteiger partial charge in [0, 0.05) is 30.3 Å². The normalized spacial score (nSPS) is 22.9. The van der Waals surface area contributed by atoms with Gasteiger partial charge in [0.2, 0.25) is 10.4 Å². The zero-order valence-electron chi connectivity index (χ0n) is 13.8. The van der Waals surface area contributed by atoms with E-state index < -0.39 is 22.5 Å². The van der Waals surface area contributed by atoms with Crippen LogP contribution >= 0.6 is 0 Å². The van der Waals surface area contributed by atoms with E-state index in [4.69, 9.17) is 4.52 Å². The maximum atomic E-state index is 12.4.